The van der Waals surface area contributed by atoms with Crippen LogP contribution < -0.4 is 0 Å². The van der Waals surface area contributed by atoms with Gasteiger partial charge in [-0.25, -0.2) is 0 Å². The first-order valence-corrected chi connectivity index (χ1v) is 4.93. The van der Waals surface area contributed by atoms with Crippen molar-refractivity contribution in [2.24, 2.45) is 47.3 Å². The number of carbonyl (C=O) groups is 1. The van der Waals surface area contributed by atoms with Crippen LogP contribution >= 0.6 is 0 Å². The minimum absolute atomic E-state index is 0.602. The van der Waals surface area contributed by atoms with Crippen molar-refractivity contribution in [3.63, 3.8) is 0 Å². The number of rotatable bonds is 0. The molecule has 0 aromatic heterocycles. The highest BCUT2D eigenvalue weighted by molar-refractivity contribution is 5.93. The molecule has 0 N–H and O–H groups in total. The summed E-state index contributed by atoms with van der Waals surface area (Å²) >= 11 is 0. The maximum Gasteiger partial charge on any atom is 0.140 e. The Kier molecular flexibility index (Phi) is 0.400. The molecule has 8 atom stereocenters. The van der Waals surface area contributed by atoms with Gasteiger partial charge in [-0.3, -0.25) is 4.79 Å². The summed E-state index contributed by atoms with van der Waals surface area (Å²) in [7, 11) is 0. The highest BCUT2D eigenvalue weighted by Crippen LogP contribution is 2.87. The Morgan fingerprint density at radius 3 is 2.36 bits per heavy atom. The van der Waals surface area contributed by atoms with E-state index in [1.54, 1.807) is 0 Å². The molecule has 0 aromatic rings. The molecule has 6 fully saturated rings. The van der Waals surface area contributed by atoms with Crippen molar-refractivity contribution in [3.05, 3.63) is 0 Å². The standard InChI is InChI=1S/C10H10O/c11-10-7-3-1-2-4-5(3)9(10)8(4)6(2)7/h2-9H,1H2/t2-,3+,4-,5+,6+,7-,8+,9+/m0/s1. The van der Waals surface area contributed by atoms with Gasteiger partial charge in [0.05, 0.1) is 0 Å². The van der Waals surface area contributed by atoms with Crippen LogP contribution in [0.5, 0.6) is 0 Å². The molecule has 0 radical (unpaired) electrons. The summed E-state index contributed by atoms with van der Waals surface area (Å²) in [5, 5.41) is 0. The lowest BCUT2D eigenvalue weighted by atomic mass is 9.41. The van der Waals surface area contributed by atoms with E-state index < -0.39 is 0 Å². The average molecular weight is 146 g/mol. The molecule has 56 valence electrons. The number of hydrogen-bond donors (Lipinski definition) is 0. The van der Waals surface area contributed by atoms with Gasteiger partial charge in [-0.15, -0.1) is 0 Å². The molecule has 6 saturated carbocycles. The molecule has 6 rings (SSSR count). The van der Waals surface area contributed by atoms with E-state index in [2.05, 4.69) is 0 Å². The molecule has 1 nitrogen and oxygen atoms in total. The van der Waals surface area contributed by atoms with E-state index in [0.717, 1.165) is 35.5 Å². The Bertz CT molecular complexity index is 304. The van der Waals surface area contributed by atoms with Crippen LogP contribution in [0.25, 0.3) is 0 Å². The first-order valence-electron chi connectivity index (χ1n) is 4.93. The van der Waals surface area contributed by atoms with Gasteiger partial charge in [0.2, 0.25) is 0 Å². The van der Waals surface area contributed by atoms with Crippen LogP contribution in [-0.4, -0.2) is 5.78 Å². The van der Waals surface area contributed by atoms with Crippen molar-refractivity contribution in [1.29, 1.82) is 0 Å². The molecule has 4 bridgehead atoms. The molecule has 6 aliphatic carbocycles. The van der Waals surface area contributed by atoms with E-state index in [-0.39, 0.29) is 0 Å². The Labute approximate surface area is 65.2 Å². The van der Waals surface area contributed by atoms with Gasteiger partial charge in [0.25, 0.3) is 0 Å². The van der Waals surface area contributed by atoms with Crippen molar-refractivity contribution < 1.29 is 4.79 Å². The zero-order valence-electron chi connectivity index (χ0n) is 6.23. The minimum Gasteiger partial charge on any atom is -0.299 e. The second kappa shape index (κ2) is 0.949. The van der Waals surface area contributed by atoms with E-state index in [1.807, 2.05) is 0 Å². The molecule has 6 aliphatic rings. The Morgan fingerprint density at radius 1 is 0.909 bits per heavy atom. The third-order valence-corrected chi connectivity index (χ3v) is 5.72. The topological polar surface area (TPSA) is 17.1 Å². The van der Waals surface area contributed by atoms with E-state index in [4.69, 9.17) is 0 Å². The molecule has 1 heteroatoms. The van der Waals surface area contributed by atoms with Crippen LogP contribution in [0.4, 0.5) is 0 Å². The summed E-state index contributed by atoms with van der Waals surface area (Å²) in [6.45, 7) is 0. The Hall–Kier alpha value is -0.330. The average Bonchev–Trinajstić information content (AvgIpc) is 2.40. The molecule has 0 aromatic carbocycles. The van der Waals surface area contributed by atoms with Gasteiger partial charge in [0, 0.05) is 11.8 Å². The lowest BCUT2D eigenvalue weighted by Gasteiger charge is -2.62. The molecule has 0 aliphatic heterocycles. The third-order valence-electron chi connectivity index (χ3n) is 5.72. The first kappa shape index (κ1) is 4.64. The van der Waals surface area contributed by atoms with E-state index in [9.17, 15) is 4.79 Å². The normalized spacial score (nSPS) is 84.2. The fourth-order valence-electron chi connectivity index (χ4n) is 5.83. The molecule has 11 heavy (non-hydrogen) atoms. The largest absolute Gasteiger partial charge is 0.299 e. The Morgan fingerprint density at radius 2 is 1.73 bits per heavy atom. The van der Waals surface area contributed by atoms with Crippen molar-refractivity contribution in [3.8, 4) is 0 Å². The number of ketones is 1. The zero-order valence-corrected chi connectivity index (χ0v) is 6.23. The fourth-order valence-corrected chi connectivity index (χ4v) is 5.83. The fraction of sp³-hybridized carbons (Fsp3) is 0.900. The second-order valence-electron chi connectivity index (χ2n) is 5.33. The predicted octanol–water partition coefficient (Wildman–Crippen LogP) is 0.943. The summed E-state index contributed by atoms with van der Waals surface area (Å²) in [5.41, 5.74) is 0. The molecule has 0 saturated heterocycles. The minimum atomic E-state index is 0.602. The van der Waals surface area contributed by atoms with Crippen LogP contribution in [0.2, 0.25) is 0 Å². The van der Waals surface area contributed by atoms with E-state index in [0.29, 0.717) is 17.6 Å². The Balaban J connectivity index is 1.94. The van der Waals surface area contributed by atoms with E-state index >= 15 is 0 Å². The maximum absolute atomic E-state index is 11.7. The predicted molar refractivity (Wildman–Crippen MR) is 37.5 cm³/mol. The number of carbonyl (C=O) groups excluding carboxylic acids is 1. The number of Topliss-reactive ketones (excluding diaryl/α,β-unsaturated/α-hetero) is 1. The summed E-state index contributed by atoms with van der Waals surface area (Å²) in [6.07, 6.45) is 1.45. The van der Waals surface area contributed by atoms with Crippen LogP contribution in [0.1, 0.15) is 6.42 Å². The van der Waals surface area contributed by atoms with Crippen LogP contribution in [0, 0.1) is 47.3 Å². The summed E-state index contributed by atoms with van der Waals surface area (Å²) in [4.78, 5) is 11.7. The van der Waals surface area contributed by atoms with E-state index in [1.165, 1.54) is 6.42 Å². The molecule has 0 amide bonds. The molecule has 0 heterocycles. The maximum atomic E-state index is 11.7. The third kappa shape index (κ3) is 0.213. The van der Waals surface area contributed by atoms with Crippen molar-refractivity contribution in [2.75, 3.05) is 0 Å². The SMILES string of the molecule is O=C1[C@H]2[C@@H]3C[C@H]4[C@@H]5[C@@H]([C@H]1[C@H]35)[C@H]42. The van der Waals surface area contributed by atoms with Gasteiger partial charge in [-0.1, -0.05) is 0 Å². The summed E-state index contributed by atoms with van der Waals surface area (Å²) in [5.74, 6) is 7.70. The lowest BCUT2D eigenvalue weighted by Crippen LogP contribution is -2.60. The van der Waals surface area contributed by atoms with Gasteiger partial charge < -0.3 is 0 Å². The second-order valence-corrected chi connectivity index (χ2v) is 5.33. The smallest absolute Gasteiger partial charge is 0.140 e. The van der Waals surface area contributed by atoms with Gasteiger partial charge in [0.1, 0.15) is 5.78 Å². The van der Waals surface area contributed by atoms with Crippen molar-refractivity contribution in [2.45, 2.75) is 6.42 Å². The monoisotopic (exact) mass is 146 g/mol. The molecule has 0 unspecified atom stereocenters. The highest BCUT2D eigenvalue weighted by Gasteiger charge is 2.87. The molecular weight excluding hydrogens is 136 g/mol. The lowest BCUT2D eigenvalue weighted by molar-refractivity contribution is -0.170. The molecular formula is C10H10O. The van der Waals surface area contributed by atoms with Gasteiger partial charge in [-0.05, 0) is 41.9 Å². The first-order chi connectivity index (χ1) is 5.39. The zero-order chi connectivity index (χ0) is 6.90. The van der Waals surface area contributed by atoms with Crippen molar-refractivity contribution >= 4 is 5.78 Å². The summed E-state index contributed by atoms with van der Waals surface area (Å²) in [6, 6.07) is 0. The van der Waals surface area contributed by atoms with Gasteiger partial charge >= 0.3 is 0 Å². The van der Waals surface area contributed by atoms with Gasteiger partial charge in [0.15, 0.2) is 0 Å². The van der Waals surface area contributed by atoms with Crippen LogP contribution in [0.15, 0.2) is 0 Å². The van der Waals surface area contributed by atoms with Crippen molar-refractivity contribution in [1.82, 2.24) is 0 Å². The van der Waals surface area contributed by atoms with Crippen LogP contribution in [0.3, 0.4) is 0 Å². The van der Waals surface area contributed by atoms with Gasteiger partial charge in [-0.2, -0.15) is 0 Å². The molecule has 0 spiro atoms. The summed E-state index contributed by atoms with van der Waals surface area (Å²) < 4.78 is 0. The highest BCUT2D eigenvalue weighted by atomic mass is 16.1. The quantitative estimate of drug-likeness (QED) is 0.497. The van der Waals surface area contributed by atoms with Crippen LogP contribution in [-0.2, 0) is 4.79 Å². The number of hydrogen-bond acceptors (Lipinski definition) is 1.